The van der Waals surface area contributed by atoms with Gasteiger partial charge in [-0.3, -0.25) is 4.79 Å². The Morgan fingerprint density at radius 3 is 2.50 bits per heavy atom. The Balaban J connectivity index is 2.03. The van der Waals surface area contributed by atoms with Crippen LogP contribution in [0.1, 0.15) is 11.1 Å². The molecule has 0 saturated heterocycles. The van der Waals surface area contributed by atoms with Crippen molar-refractivity contribution in [2.45, 2.75) is 13.8 Å². The molecule has 0 unspecified atom stereocenters. The molecule has 0 saturated carbocycles. The number of anilines is 2. The lowest BCUT2D eigenvalue weighted by Gasteiger charge is -2.13. The molecule has 0 atom stereocenters. The number of hydrogen-bond acceptors (Lipinski definition) is 4. The summed E-state index contributed by atoms with van der Waals surface area (Å²) in [4.78, 5) is 12.1. The third kappa shape index (κ3) is 3.69. The summed E-state index contributed by atoms with van der Waals surface area (Å²) in [6.07, 6.45) is 0. The standard InChI is InChI=1S/C17H20N2O3/c1-11-5-4-6-12(2)17(11)22-10-16(20)19-14-9-13(18)7-8-15(14)21-3/h4-9H,10,18H2,1-3H3,(H,19,20). The summed E-state index contributed by atoms with van der Waals surface area (Å²) in [6.45, 7) is 3.81. The van der Waals surface area contributed by atoms with E-state index in [1.807, 2.05) is 32.0 Å². The highest BCUT2D eigenvalue weighted by Gasteiger charge is 2.10. The molecular weight excluding hydrogens is 280 g/mol. The van der Waals surface area contributed by atoms with Crippen LogP contribution in [0.4, 0.5) is 11.4 Å². The Labute approximate surface area is 130 Å². The molecular formula is C17H20N2O3. The molecule has 0 aromatic heterocycles. The number of benzene rings is 2. The minimum absolute atomic E-state index is 0.0797. The van der Waals surface area contributed by atoms with Crippen molar-refractivity contribution in [1.82, 2.24) is 0 Å². The highest BCUT2D eigenvalue weighted by Crippen LogP contribution is 2.26. The number of methoxy groups -OCH3 is 1. The molecule has 3 N–H and O–H groups in total. The van der Waals surface area contributed by atoms with Crippen LogP contribution in [0.25, 0.3) is 0 Å². The van der Waals surface area contributed by atoms with Gasteiger partial charge in [-0.1, -0.05) is 18.2 Å². The first-order valence-corrected chi connectivity index (χ1v) is 6.93. The maximum absolute atomic E-state index is 12.1. The van der Waals surface area contributed by atoms with E-state index >= 15 is 0 Å². The Bertz CT molecular complexity index is 663. The molecule has 2 aromatic rings. The van der Waals surface area contributed by atoms with Gasteiger partial charge in [0.15, 0.2) is 6.61 Å². The van der Waals surface area contributed by atoms with E-state index in [9.17, 15) is 4.79 Å². The van der Waals surface area contributed by atoms with Gasteiger partial charge in [0, 0.05) is 5.69 Å². The maximum Gasteiger partial charge on any atom is 0.262 e. The molecule has 0 fully saturated rings. The van der Waals surface area contributed by atoms with E-state index in [4.69, 9.17) is 15.2 Å². The van der Waals surface area contributed by atoms with Crippen molar-refractivity contribution in [1.29, 1.82) is 0 Å². The molecule has 0 bridgehead atoms. The largest absolute Gasteiger partial charge is 0.495 e. The van der Waals surface area contributed by atoms with Crippen LogP contribution in [0, 0.1) is 13.8 Å². The maximum atomic E-state index is 12.1. The van der Waals surface area contributed by atoms with Crippen molar-refractivity contribution in [2.75, 3.05) is 24.8 Å². The summed E-state index contributed by atoms with van der Waals surface area (Å²) in [5.74, 6) is 1.01. The highest BCUT2D eigenvalue weighted by atomic mass is 16.5. The van der Waals surface area contributed by atoms with E-state index in [-0.39, 0.29) is 12.5 Å². The monoisotopic (exact) mass is 300 g/mol. The fourth-order valence-corrected chi connectivity index (χ4v) is 2.17. The van der Waals surface area contributed by atoms with Gasteiger partial charge in [0.1, 0.15) is 11.5 Å². The molecule has 0 radical (unpaired) electrons. The van der Waals surface area contributed by atoms with Gasteiger partial charge in [-0.25, -0.2) is 0 Å². The van der Waals surface area contributed by atoms with E-state index in [0.29, 0.717) is 17.1 Å². The van der Waals surface area contributed by atoms with Gasteiger partial charge >= 0.3 is 0 Å². The van der Waals surface area contributed by atoms with E-state index in [2.05, 4.69) is 5.32 Å². The predicted octanol–water partition coefficient (Wildman–Crippen LogP) is 2.91. The summed E-state index contributed by atoms with van der Waals surface area (Å²) < 4.78 is 10.8. The van der Waals surface area contributed by atoms with Gasteiger partial charge in [0.25, 0.3) is 5.91 Å². The number of amides is 1. The molecule has 1 amide bonds. The Morgan fingerprint density at radius 2 is 1.86 bits per heavy atom. The molecule has 0 aliphatic rings. The zero-order chi connectivity index (χ0) is 16.1. The molecule has 5 nitrogen and oxygen atoms in total. The number of hydrogen-bond donors (Lipinski definition) is 2. The summed E-state index contributed by atoms with van der Waals surface area (Å²) in [6, 6.07) is 10.9. The van der Waals surface area contributed by atoms with Crippen LogP contribution in [-0.4, -0.2) is 19.6 Å². The lowest BCUT2D eigenvalue weighted by Crippen LogP contribution is -2.21. The van der Waals surface area contributed by atoms with Crippen molar-refractivity contribution in [2.24, 2.45) is 0 Å². The second-order valence-electron chi connectivity index (χ2n) is 5.02. The first-order valence-electron chi connectivity index (χ1n) is 6.93. The van der Waals surface area contributed by atoms with Crippen LogP contribution in [0.2, 0.25) is 0 Å². The number of nitrogen functional groups attached to an aromatic ring is 1. The summed E-state index contributed by atoms with van der Waals surface area (Å²) >= 11 is 0. The van der Waals surface area contributed by atoms with Crippen molar-refractivity contribution < 1.29 is 14.3 Å². The summed E-state index contributed by atoms with van der Waals surface area (Å²) in [5.41, 5.74) is 8.79. The number of ether oxygens (including phenoxy) is 2. The first-order chi connectivity index (χ1) is 10.5. The lowest BCUT2D eigenvalue weighted by atomic mass is 10.1. The predicted molar refractivity (Wildman–Crippen MR) is 87.4 cm³/mol. The highest BCUT2D eigenvalue weighted by molar-refractivity contribution is 5.94. The average Bonchev–Trinajstić information content (AvgIpc) is 2.47. The summed E-state index contributed by atoms with van der Waals surface area (Å²) in [7, 11) is 1.54. The van der Waals surface area contributed by atoms with Crippen LogP contribution in [0.3, 0.4) is 0 Å². The molecule has 2 rings (SSSR count). The van der Waals surface area contributed by atoms with E-state index < -0.39 is 0 Å². The molecule has 22 heavy (non-hydrogen) atoms. The van der Waals surface area contributed by atoms with Crippen molar-refractivity contribution in [3.63, 3.8) is 0 Å². The second-order valence-corrected chi connectivity index (χ2v) is 5.02. The van der Waals surface area contributed by atoms with Gasteiger partial charge in [-0.15, -0.1) is 0 Å². The molecule has 5 heteroatoms. The number of para-hydroxylation sites is 1. The number of carbonyl (C=O) groups excluding carboxylic acids is 1. The van der Waals surface area contributed by atoms with E-state index in [1.54, 1.807) is 18.2 Å². The third-order valence-corrected chi connectivity index (χ3v) is 3.25. The smallest absolute Gasteiger partial charge is 0.262 e. The Hall–Kier alpha value is -2.69. The summed E-state index contributed by atoms with van der Waals surface area (Å²) in [5, 5.41) is 2.74. The normalized spacial score (nSPS) is 10.1. The van der Waals surface area contributed by atoms with Crippen LogP contribution >= 0.6 is 0 Å². The molecule has 116 valence electrons. The Morgan fingerprint density at radius 1 is 1.18 bits per heavy atom. The number of nitrogens with one attached hydrogen (secondary N) is 1. The molecule has 0 spiro atoms. The van der Waals surface area contributed by atoms with Gasteiger partial charge in [0.2, 0.25) is 0 Å². The minimum atomic E-state index is -0.272. The van der Waals surface area contributed by atoms with Gasteiger partial charge in [-0.2, -0.15) is 0 Å². The SMILES string of the molecule is COc1ccc(N)cc1NC(=O)COc1c(C)cccc1C. The topological polar surface area (TPSA) is 73.6 Å². The number of rotatable bonds is 5. The molecule has 0 aliphatic heterocycles. The third-order valence-electron chi connectivity index (χ3n) is 3.25. The van der Waals surface area contributed by atoms with Crippen LogP contribution in [0.15, 0.2) is 36.4 Å². The van der Waals surface area contributed by atoms with E-state index in [1.165, 1.54) is 7.11 Å². The Kier molecular flexibility index (Phi) is 4.88. The van der Waals surface area contributed by atoms with E-state index in [0.717, 1.165) is 16.9 Å². The quantitative estimate of drug-likeness (QED) is 0.833. The lowest BCUT2D eigenvalue weighted by molar-refractivity contribution is -0.118. The fourth-order valence-electron chi connectivity index (χ4n) is 2.17. The van der Waals surface area contributed by atoms with Gasteiger partial charge < -0.3 is 20.5 Å². The second kappa shape index (κ2) is 6.85. The number of aryl methyl sites for hydroxylation is 2. The first kappa shape index (κ1) is 15.7. The minimum Gasteiger partial charge on any atom is -0.495 e. The molecule has 2 aromatic carbocycles. The molecule has 0 heterocycles. The number of carbonyl (C=O) groups is 1. The number of nitrogens with two attached hydrogens (primary N) is 1. The van der Waals surface area contributed by atoms with Crippen molar-refractivity contribution in [3.8, 4) is 11.5 Å². The van der Waals surface area contributed by atoms with Crippen LogP contribution in [-0.2, 0) is 4.79 Å². The fraction of sp³-hybridized carbons (Fsp3) is 0.235. The van der Waals surface area contributed by atoms with Crippen LogP contribution < -0.4 is 20.5 Å². The van der Waals surface area contributed by atoms with Gasteiger partial charge in [0.05, 0.1) is 12.8 Å². The zero-order valence-electron chi connectivity index (χ0n) is 13.0. The molecule has 0 aliphatic carbocycles. The van der Waals surface area contributed by atoms with Gasteiger partial charge in [-0.05, 0) is 43.2 Å². The van der Waals surface area contributed by atoms with Crippen molar-refractivity contribution >= 4 is 17.3 Å². The zero-order valence-corrected chi connectivity index (χ0v) is 13.0. The van der Waals surface area contributed by atoms with Crippen LogP contribution in [0.5, 0.6) is 11.5 Å². The average molecular weight is 300 g/mol. The van der Waals surface area contributed by atoms with Crippen molar-refractivity contribution in [3.05, 3.63) is 47.5 Å².